The number of hydrogen-bond acceptors (Lipinski definition) is 1. The lowest BCUT2D eigenvalue weighted by atomic mass is 10.3. The van der Waals surface area contributed by atoms with E-state index >= 15 is 0 Å². The predicted molar refractivity (Wildman–Crippen MR) is 43.9 cm³/mol. The molecule has 2 rings (SSSR count). The van der Waals surface area contributed by atoms with Crippen LogP contribution < -0.4 is 0 Å². The molecule has 0 spiro atoms. The van der Waals surface area contributed by atoms with E-state index in [-0.39, 0.29) is 0 Å². The maximum atomic E-state index is 12.8. The second-order valence-corrected chi connectivity index (χ2v) is 3.10. The first-order valence-corrected chi connectivity index (χ1v) is 3.85. The Balaban J connectivity index is 2.87. The van der Waals surface area contributed by atoms with Crippen molar-refractivity contribution in [3.63, 3.8) is 0 Å². The number of benzene rings is 1. The third kappa shape index (κ3) is 1.03. The number of fused-ring (bicyclic) bond motifs is 1. The molecular formula is C7H4BrFN2. The molecule has 1 aromatic heterocycles. The van der Waals surface area contributed by atoms with Gasteiger partial charge in [0, 0.05) is 4.47 Å². The molecule has 0 atom stereocenters. The normalized spacial score (nSPS) is 10.7. The van der Waals surface area contributed by atoms with E-state index in [0.29, 0.717) is 15.8 Å². The Kier molecular flexibility index (Phi) is 1.42. The van der Waals surface area contributed by atoms with E-state index in [1.54, 1.807) is 12.1 Å². The molecule has 56 valence electrons. The van der Waals surface area contributed by atoms with E-state index in [1.165, 1.54) is 0 Å². The van der Waals surface area contributed by atoms with Gasteiger partial charge in [-0.3, -0.25) is 0 Å². The van der Waals surface area contributed by atoms with Crippen LogP contribution in [-0.2, 0) is 0 Å². The van der Waals surface area contributed by atoms with Crippen molar-refractivity contribution in [2.24, 2.45) is 0 Å². The van der Waals surface area contributed by atoms with Crippen LogP contribution >= 0.6 is 15.9 Å². The Hall–Kier alpha value is -0.900. The van der Waals surface area contributed by atoms with Crippen molar-refractivity contribution >= 4 is 27.0 Å². The van der Waals surface area contributed by atoms with Crippen LogP contribution in [0.25, 0.3) is 11.0 Å². The topological polar surface area (TPSA) is 17.8 Å². The highest BCUT2D eigenvalue weighted by Gasteiger charge is 2.00. The molecule has 4 heteroatoms. The van der Waals surface area contributed by atoms with Gasteiger partial charge in [0.25, 0.3) is 0 Å². The molecule has 0 aliphatic heterocycles. The summed E-state index contributed by atoms with van der Waals surface area (Å²) in [5.41, 5.74) is 1.15. The summed E-state index contributed by atoms with van der Waals surface area (Å²) in [6.45, 7) is 0. The maximum Gasteiger partial charge on any atom is 0.127 e. The summed E-state index contributed by atoms with van der Waals surface area (Å²) in [5, 5.41) is 0. The molecule has 0 aliphatic rings. The number of imidazole rings is 1. The van der Waals surface area contributed by atoms with Gasteiger partial charge >= 0.3 is 0 Å². The Morgan fingerprint density at radius 1 is 1.45 bits per heavy atom. The van der Waals surface area contributed by atoms with Crippen LogP contribution in [0.4, 0.5) is 4.48 Å². The summed E-state index contributed by atoms with van der Waals surface area (Å²) in [6, 6.07) is 5.27. The Labute approximate surface area is 70.7 Å². The average molecular weight is 215 g/mol. The Morgan fingerprint density at radius 2 is 2.27 bits per heavy atom. The number of aromatic nitrogens is 2. The van der Waals surface area contributed by atoms with Crippen LogP contribution in [0.3, 0.4) is 0 Å². The quantitative estimate of drug-likeness (QED) is 0.660. The Morgan fingerprint density at radius 3 is 3.09 bits per heavy atom. The minimum Gasteiger partial charge on any atom is -0.234 e. The van der Waals surface area contributed by atoms with Gasteiger partial charge in [-0.25, -0.2) is 4.98 Å². The van der Waals surface area contributed by atoms with Crippen LogP contribution in [0, 0.1) is 0 Å². The van der Waals surface area contributed by atoms with Crippen LogP contribution in [0.5, 0.6) is 0 Å². The molecule has 0 N–H and O–H groups in total. The highest BCUT2D eigenvalue weighted by Crippen LogP contribution is 2.18. The van der Waals surface area contributed by atoms with Crippen molar-refractivity contribution in [3.05, 3.63) is 29.0 Å². The highest BCUT2D eigenvalue weighted by molar-refractivity contribution is 9.10. The standard InChI is InChI=1S/C7H4BrFN2/c8-5-1-2-6-7(3-5)11(9)4-10-6/h1-4H. The van der Waals surface area contributed by atoms with Crippen molar-refractivity contribution in [1.29, 1.82) is 0 Å². The van der Waals surface area contributed by atoms with E-state index in [2.05, 4.69) is 20.9 Å². The zero-order valence-electron chi connectivity index (χ0n) is 5.46. The van der Waals surface area contributed by atoms with E-state index in [0.717, 1.165) is 10.8 Å². The second-order valence-electron chi connectivity index (χ2n) is 2.19. The third-order valence-electron chi connectivity index (χ3n) is 1.47. The van der Waals surface area contributed by atoms with E-state index in [9.17, 15) is 4.48 Å². The summed E-state index contributed by atoms with van der Waals surface area (Å²) >= 11 is 3.24. The summed E-state index contributed by atoms with van der Waals surface area (Å²) in [7, 11) is 0. The molecule has 0 amide bonds. The van der Waals surface area contributed by atoms with Gasteiger partial charge in [-0.2, -0.15) is 4.79 Å². The second kappa shape index (κ2) is 2.30. The minimum absolute atomic E-state index is 0.486. The van der Waals surface area contributed by atoms with Gasteiger partial charge in [-0.1, -0.05) is 20.4 Å². The number of nitrogens with zero attached hydrogens (tertiary/aromatic N) is 2. The highest BCUT2D eigenvalue weighted by atomic mass is 79.9. The fourth-order valence-electron chi connectivity index (χ4n) is 0.952. The first kappa shape index (κ1) is 6.79. The minimum atomic E-state index is 0.486. The number of rotatable bonds is 0. The number of halogens is 2. The molecule has 0 aliphatic carbocycles. The number of hydrogen-bond donors (Lipinski definition) is 0. The smallest absolute Gasteiger partial charge is 0.127 e. The van der Waals surface area contributed by atoms with Gasteiger partial charge in [-0.05, 0) is 18.2 Å². The van der Waals surface area contributed by atoms with Crippen LogP contribution in [0.1, 0.15) is 0 Å². The fraction of sp³-hybridized carbons (Fsp3) is 0. The fourth-order valence-corrected chi connectivity index (χ4v) is 1.30. The first-order valence-electron chi connectivity index (χ1n) is 3.06. The Bertz CT molecular complexity index is 396. The van der Waals surface area contributed by atoms with Gasteiger partial charge in [0.05, 0.1) is 5.52 Å². The summed E-state index contributed by atoms with van der Waals surface area (Å²) < 4.78 is 13.6. The predicted octanol–water partition coefficient (Wildman–Crippen LogP) is 2.53. The van der Waals surface area contributed by atoms with Crippen molar-refractivity contribution in [2.75, 3.05) is 0 Å². The van der Waals surface area contributed by atoms with Gasteiger partial charge < -0.3 is 0 Å². The lowest BCUT2D eigenvalue weighted by Crippen LogP contribution is -1.76. The average Bonchev–Trinajstić information content (AvgIpc) is 2.33. The van der Waals surface area contributed by atoms with E-state index < -0.39 is 0 Å². The molecule has 2 nitrogen and oxygen atoms in total. The molecule has 1 aromatic carbocycles. The van der Waals surface area contributed by atoms with Crippen molar-refractivity contribution < 1.29 is 4.48 Å². The zero-order chi connectivity index (χ0) is 7.84. The first-order chi connectivity index (χ1) is 5.27. The molecule has 11 heavy (non-hydrogen) atoms. The molecule has 0 unspecified atom stereocenters. The zero-order valence-corrected chi connectivity index (χ0v) is 7.05. The van der Waals surface area contributed by atoms with Crippen LogP contribution in [-0.4, -0.2) is 9.77 Å². The van der Waals surface area contributed by atoms with Crippen molar-refractivity contribution in [2.45, 2.75) is 0 Å². The maximum absolute atomic E-state index is 12.8. The molecule has 0 saturated carbocycles. The lowest BCUT2D eigenvalue weighted by Gasteiger charge is -1.90. The van der Waals surface area contributed by atoms with Gasteiger partial charge in [0.2, 0.25) is 0 Å². The van der Waals surface area contributed by atoms with Gasteiger partial charge in [0.1, 0.15) is 11.8 Å². The van der Waals surface area contributed by atoms with Crippen molar-refractivity contribution in [3.8, 4) is 0 Å². The monoisotopic (exact) mass is 214 g/mol. The molecule has 0 radical (unpaired) electrons. The summed E-state index contributed by atoms with van der Waals surface area (Å²) in [5.74, 6) is 0. The SMILES string of the molecule is Fn1cnc2ccc(Br)cc21. The van der Waals surface area contributed by atoms with Gasteiger partial charge in [0.15, 0.2) is 0 Å². The van der Waals surface area contributed by atoms with E-state index in [4.69, 9.17) is 0 Å². The molecule has 0 bridgehead atoms. The molecular weight excluding hydrogens is 211 g/mol. The molecule has 1 heterocycles. The van der Waals surface area contributed by atoms with Crippen LogP contribution in [0.15, 0.2) is 29.0 Å². The lowest BCUT2D eigenvalue weighted by molar-refractivity contribution is 0.384. The summed E-state index contributed by atoms with van der Waals surface area (Å²) in [4.78, 5) is 4.33. The van der Waals surface area contributed by atoms with Crippen LogP contribution in [0.2, 0.25) is 0 Å². The third-order valence-corrected chi connectivity index (χ3v) is 1.96. The van der Waals surface area contributed by atoms with E-state index in [1.807, 2.05) is 6.07 Å². The molecule has 2 aromatic rings. The summed E-state index contributed by atoms with van der Waals surface area (Å²) in [6.07, 6.45) is 1.15. The van der Waals surface area contributed by atoms with Crippen molar-refractivity contribution in [1.82, 2.24) is 9.77 Å². The molecule has 0 fully saturated rings. The largest absolute Gasteiger partial charge is 0.234 e. The molecule has 0 saturated heterocycles. The van der Waals surface area contributed by atoms with Gasteiger partial charge in [-0.15, -0.1) is 0 Å².